The van der Waals surface area contributed by atoms with Crippen LogP contribution in [-0.2, 0) is 10.0 Å². The fraction of sp³-hybridized carbons (Fsp3) is 0.364. The van der Waals surface area contributed by atoms with E-state index in [0.717, 1.165) is 22.5 Å². The van der Waals surface area contributed by atoms with E-state index in [0.29, 0.717) is 6.42 Å². The fourth-order valence-corrected chi connectivity index (χ4v) is 3.26. The molecule has 0 radical (unpaired) electrons. The van der Waals surface area contributed by atoms with Crippen molar-refractivity contribution in [2.75, 3.05) is 18.8 Å². The number of nitrogens with zero attached hydrogens (tertiary/aromatic N) is 1. The largest absolute Gasteiger partial charge is 0.293 e. The van der Waals surface area contributed by atoms with Crippen LogP contribution in [0, 0.1) is 11.6 Å². The molecule has 0 aromatic heterocycles. The molecule has 1 aromatic rings. The van der Waals surface area contributed by atoms with Gasteiger partial charge in [0.2, 0.25) is 10.0 Å². The number of carbonyl (C=O) groups is 1. The van der Waals surface area contributed by atoms with E-state index in [1.165, 1.54) is 0 Å². The van der Waals surface area contributed by atoms with E-state index in [1.54, 1.807) is 0 Å². The molecule has 1 saturated heterocycles. The fourth-order valence-electron chi connectivity index (χ4n) is 1.79. The first kappa shape index (κ1) is 13.1. The highest BCUT2D eigenvalue weighted by molar-refractivity contribution is 7.89. The molecule has 0 saturated carbocycles. The molecule has 1 fully saturated rings. The van der Waals surface area contributed by atoms with E-state index >= 15 is 0 Å². The Morgan fingerprint density at radius 2 is 2.00 bits per heavy atom. The van der Waals surface area contributed by atoms with Gasteiger partial charge in [0.15, 0.2) is 17.4 Å². The van der Waals surface area contributed by atoms with Crippen molar-refractivity contribution in [1.82, 2.24) is 4.31 Å². The van der Waals surface area contributed by atoms with Gasteiger partial charge in [0.05, 0.1) is 12.3 Å². The Hall–Kier alpha value is -1.34. The lowest BCUT2D eigenvalue weighted by atomic mass is 10.1. The second-order valence-electron chi connectivity index (χ2n) is 4.06. The average Bonchev–Trinajstić information content (AvgIpc) is 2.62. The molecule has 4 nitrogen and oxygen atoms in total. The molecule has 0 bridgehead atoms. The SMILES string of the molecule is O=C(CN1CCCS1(=O)=O)c1ccc(F)c(F)c1. The number of carbonyl (C=O) groups excluding carboxylic acids is 1. The molecular weight excluding hydrogens is 264 g/mol. The van der Waals surface area contributed by atoms with Crippen molar-refractivity contribution in [3.63, 3.8) is 0 Å². The van der Waals surface area contributed by atoms with Gasteiger partial charge in [0, 0.05) is 12.1 Å². The molecule has 1 aliphatic heterocycles. The molecule has 1 heterocycles. The normalized spacial score (nSPS) is 19.0. The summed E-state index contributed by atoms with van der Waals surface area (Å²) in [4.78, 5) is 11.8. The van der Waals surface area contributed by atoms with Crippen molar-refractivity contribution in [2.45, 2.75) is 6.42 Å². The van der Waals surface area contributed by atoms with E-state index in [1.807, 2.05) is 0 Å². The van der Waals surface area contributed by atoms with Crippen LogP contribution in [0.4, 0.5) is 8.78 Å². The third-order valence-electron chi connectivity index (χ3n) is 2.76. The topological polar surface area (TPSA) is 54.5 Å². The predicted octanol–water partition coefficient (Wildman–Crippen LogP) is 1.18. The van der Waals surface area contributed by atoms with Crippen LogP contribution < -0.4 is 0 Å². The van der Waals surface area contributed by atoms with E-state index in [9.17, 15) is 22.0 Å². The van der Waals surface area contributed by atoms with Crippen molar-refractivity contribution in [3.8, 4) is 0 Å². The lowest BCUT2D eigenvalue weighted by Gasteiger charge is -2.13. The van der Waals surface area contributed by atoms with Crippen LogP contribution in [0.2, 0.25) is 0 Å². The second kappa shape index (κ2) is 4.74. The highest BCUT2D eigenvalue weighted by atomic mass is 32.2. The third-order valence-corrected chi connectivity index (χ3v) is 4.67. The van der Waals surface area contributed by atoms with Gasteiger partial charge >= 0.3 is 0 Å². The molecule has 1 aliphatic rings. The number of sulfonamides is 1. The smallest absolute Gasteiger partial charge is 0.214 e. The Kier molecular flexibility index (Phi) is 3.45. The van der Waals surface area contributed by atoms with Gasteiger partial charge in [-0.3, -0.25) is 4.79 Å². The zero-order chi connectivity index (χ0) is 13.3. The Bertz CT molecular complexity index is 586. The monoisotopic (exact) mass is 275 g/mol. The number of halogens is 2. The molecule has 0 atom stereocenters. The van der Waals surface area contributed by atoms with Gasteiger partial charge in [0.1, 0.15) is 0 Å². The Labute approximate surface area is 103 Å². The van der Waals surface area contributed by atoms with E-state index in [-0.39, 0.29) is 24.4 Å². The Morgan fingerprint density at radius 3 is 2.56 bits per heavy atom. The molecule has 2 rings (SSSR count). The van der Waals surface area contributed by atoms with Crippen LogP contribution in [0.25, 0.3) is 0 Å². The van der Waals surface area contributed by atoms with E-state index < -0.39 is 27.4 Å². The number of benzene rings is 1. The van der Waals surface area contributed by atoms with Crippen molar-refractivity contribution in [2.24, 2.45) is 0 Å². The van der Waals surface area contributed by atoms with Gasteiger partial charge in [-0.25, -0.2) is 17.2 Å². The van der Waals surface area contributed by atoms with Gasteiger partial charge in [-0.15, -0.1) is 0 Å². The van der Waals surface area contributed by atoms with E-state index in [2.05, 4.69) is 0 Å². The summed E-state index contributed by atoms with van der Waals surface area (Å²) in [7, 11) is -3.36. The lowest BCUT2D eigenvalue weighted by molar-refractivity contribution is 0.0968. The van der Waals surface area contributed by atoms with Gasteiger partial charge in [-0.2, -0.15) is 4.31 Å². The zero-order valence-electron chi connectivity index (χ0n) is 9.40. The molecule has 0 amide bonds. The van der Waals surface area contributed by atoms with Crippen molar-refractivity contribution in [3.05, 3.63) is 35.4 Å². The van der Waals surface area contributed by atoms with Crippen LogP contribution in [0.5, 0.6) is 0 Å². The summed E-state index contributed by atoms with van der Waals surface area (Å²) in [5.41, 5.74) is -0.0315. The molecule has 0 aliphatic carbocycles. The summed E-state index contributed by atoms with van der Waals surface area (Å²) in [6, 6.07) is 2.77. The van der Waals surface area contributed by atoms with Gasteiger partial charge in [-0.05, 0) is 24.6 Å². The molecule has 0 N–H and O–H groups in total. The van der Waals surface area contributed by atoms with Gasteiger partial charge < -0.3 is 0 Å². The van der Waals surface area contributed by atoms with Crippen molar-refractivity contribution >= 4 is 15.8 Å². The molecular formula is C11H11F2NO3S. The Morgan fingerprint density at radius 1 is 1.28 bits per heavy atom. The minimum absolute atomic E-state index is 0.0259. The summed E-state index contributed by atoms with van der Waals surface area (Å²) in [6.07, 6.45) is 0.480. The molecule has 0 spiro atoms. The highest BCUT2D eigenvalue weighted by Gasteiger charge is 2.30. The lowest BCUT2D eigenvalue weighted by Crippen LogP contribution is -2.31. The maximum Gasteiger partial charge on any atom is 0.214 e. The Balaban J connectivity index is 2.15. The summed E-state index contributed by atoms with van der Waals surface area (Å²) in [5.74, 6) is -2.68. The number of hydrogen-bond donors (Lipinski definition) is 0. The first-order chi connectivity index (χ1) is 8.40. The first-order valence-corrected chi connectivity index (χ1v) is 6.97. The maximum absolute atomic E-state index is 12.9. The van der Waals surface area contributed by atoms with Crippen LogP contribution in [0.3, 0.4) is 0 Å². The first-order valence-electron chi connectivity index (χ1n) is 5.36. The second-order valence-corrected chi connectivity index (χ2v) is 6.14. The standard InChI is InChI=1S/C11H11F2NO3S/c12-9-3-2-8(6-10(9)13)11(15)7-14-4-1-5-18(14,16)17/h2-3,6H,1,4-5,7H2. The van der Waals surface area contributed by atoms with Crippen LogP contribution in [0.1, 0.15) is 16.8 Å². The number of hydrogen-bond acceptors (Lipinski definition) is 3. The van der Waals surface area contributed by atoms with E-state index in [4.69, 9.17) is 0 Å². The number of Topliss-reactive ketones (excluding diaryl/α,β-unsaturated/α-hetero) is 1. The molecule has 1 aromatic carbocycles. The number of ketones is 1. The minimum atomic E-state index is -3.36. The third kappa shape index (κ3) is 2.56. The van der Waals surface area contributed by atoms with Gasteiger partial charge in [-0.1, -0.05) is 0 Å². The predicted molar refractivity (Wildman–Crippen MR) is 60.7 cm³/mol. The molecule has 0 unspecified atom stereocenters. The highest BCUT2D eigenvalue weighted by Crippen LogP contribution is 2.15. The van der Waals surface area contributed by atoms with Gasteiger partial charge in [0.25, 0.3) is 0 Å². The number of rotatable bonds is 3. The summed E-state index contributed by atoms with van der Waals surface area (Å²) in [5, 5.41) is 0. The average molecular weight is 275 g/mol. The molecule has 98 valence electrons. The minimum Gasteiger partial charge on any atom is -0.293 e. The van der Waals surface area contributed by atoms with Crippen LogP contribution >= 0.6 is 0 Å². The van der Waals surface area contributed by atoms with Crippen molar-refractivity contribution < 1.29 is 22.0 Å². The van der Waals surface area contributed by atoms with Crippen LogP contribution in [0.15, 0.2) is 18.2 Å². The summed E-state index contributed by atoms with van der Waals surface area (Å²) >= 11 is 0. The molecule has 7 heteroatoms. The summed E-state index contributed by atoms with van der Waals surface area (Å²) in [6.45, 7) is -0.0366. The van der Waals surface area contributed by atoms with Crippen molar-refractivity contribution in [1.29, 1.82) is 0 Å². The summed E-state index contributed by atoms with van der Waals surface area (Å²) < 4.78 is 49.7. The van der Waals surface area contributed by atoms with Crippen LogP contribution in [-0.4, -0.2) is 37.3 Å². The maximum atomic E-state index is 12.9. The molecule has 18 heavy (non-hydrogen) atoms. The zero-order valence-corrected chi connectivity index (χ0v) is 10.2. The quantitative estimate of drug-likeness (QED) is 0.778.